The third-order valence-electron chi connectivity index (χ3n) is 5.12. The van der Waals surface area contributed by atoms with Crippen molar-refractivity contribution in [3.63, 3.8) is 0 Å². The van der Waals surface area contributed by atoms with E-state index in [0.717, 1.165) is 35.2 Å². The highest BCUT2D eigenvalue weighted by Gasteiger charge is 2.11. The lowest BCUT2D eigenvalue weighted by Gasteiger charge is -2.16. The van der Waals surface area contributed by atoms with Crippen molar-refractivity contribution in [3.05, 3.63) is 100 Å². The average molecular weight is 467 g/mol. The first-order valence-corrected chi connectivity index (χ1v) is 11.3. The molecule has 1 aromatic heterocycles. The quantitative estimate of drug-likeness (QED) is 0.264. The second-order valence-corrected chi connectivity index (χ2v) is 8.11. The molecule has 0 spiro atoms. The number of halogens is 2. The van der Waals surface area contributed by atoms with Crippen molar-refractivity contribution in [2.75, 3.05) is 13.2 Å². The summed E-state index contributed by atoms with van der Waals surface area (Å²) in [5, 5.41) is 7.05. The van der Waals surface area contributed by atoms with Gasteiger partial charge in [-0.2, -0.15) is 0 Å². The highest BCUT2D eigenvalue weighted by atomic mass is 35.5. The number of benzene rings is 3. The summed E-state index contributed by atoms with van der Waals surface area (Å²) in [5.41, 5.74) is 1.89. The van der Waals surface area contributed by atoms with Crippen molar-refractivity contribution in [1.82, 2.24) is 10.3 Å². The number of fused-ring (bicyclic) bond motifs is 1. The smallest absolute Gasteiger partial charge is 0.213 e. The van der Waals surface area contributed by atoms with Gasteiger partial charge in [0.2, 0.25) is 5.88 Å². The lowest BCUT2D eigenvalue weighted by atomic mass is 10.0. The van der Waals surface area contributed by atoms with E-state index in [-0.39, 0.29) is 0 Å². The molecular weight excluding hydrogens is 443 g/mol. The number of nitrogens with one attached hydrogen (secondary N) is 1. The molecule has 1 N–H and O–H groups in total. The number of hydrogen-bond donors (Lipinski definition) is 1. The van der Waals surface area contributed by atoms with E-state index < -0.39 is 0 Å². The van der Waals surface area contributed by atoms with E-state index in [1.807, 2.05) is 54.6 Å². The fourth-order valence-corrected chi connectivity index (χ4v) is 3.98. The second-order valence-electron chi connectivity index (χ2n) is 7.30. The monoisotopic (exact) mass is 466 g/mol. The molecule has 4 nitrogen and oxygen atoms in total. The van der Waals surface area contributed by atoms with E-state index in [1.165, 1.54) is 5.39 Å². The average Bonchev–Trinajstić information content (AvgIpc) is 2.82. The minimum absolute atomic E-state index is 0.307. The van der Waals surface area contributed by atoms with Crippen LogP contribution in [0, 0.1) is 0 Å². The zero-order chi connectivity index (χ0) is 22.2. The number of nitrogens with zero attached hydrogens (tertiary/aromatic N) is 1. The van der Waals surface area contributed by atoms with Crippen LogP contribution in [0.2, 0.25) is 10.0 Å². The van der Waals surface area contributed by atoms with Gasteiger partial charge in [0, 0.05) is 40.0 Å². The largest absolute Gasteiger partial charge is 0.488 e. The minimum atomic E-state index is 0.307. The zero-order valence-corrected chi connectivity index (χ0v) is 19.1. The molecule has 4 aromatic rings. The van der Waals surface area contributed by atoms with Gasteiger partial charge in [0.05, 0.1) is 6.61 Å². The Hall–Kier alpha value is -2.79. The molecule has 4 rings (SSSR count). The lowest BCUT2D eigenvalue weighted by molar-refractivity contribution is 0.294. The predicted octanol–water partition coefficient (Wildman–Crippen LogP) is 6.68. The Kier molecular flexibility index (Phi) is 7.83. The molecule has 0 saturated carbocycles. The first-order valence-electron chi connectivity index (χ1n) is 10.5. The molecule has 0 amide bonds. The summed E-state index contributed by atoms with van der Waals surface area (Å²) in [4.78, 5) is 4.17. The van der Waals surface area contributed by atoms with Crippen molar-refractivity contribution >= 4 is 34.0 Å². The number of pyridine rings is 1. The maximum atomic E-state index is 6.31. The topological polar surface area (TPSA) is 43.4 Å². The molecule has 6 heteroatoms. The zero-order valence-electron chi connectivity index (χ0n) is 17.6. The third kappa shape index (κ3) is 5.71. The maximum Gasteiger partial charge on any atom is 0.213 e. The fourth-order valence-electron chi connectivity index (χ4n) is 3.47. The van der Waals surface area contributed by atoms with Crippen LogP contribution in [0.15, 0.2) is 79.0 Å². The van der Waals surface area contributed by atoms with Gasteiger partial charge in [-0.1, -0.05) is 65.7 Å². The van der Waals surface area contributed by atoms with Crippen LogP contribution >= 0.6 is 23.2 Å². The number of rotatable bonds is 10. The summed E-state index contributed by atoms with van der Waals surface area (Å²) in [7, 11) is 0. The molecule has 0 aliphatic rings. The van der Waals surface area contributed by atoms with E-state index in [1.54, 1.807) is 6.20 Å². The van der Waals surface area contributed by atoms with Crippen molar-refractivity contribution in [1.29, 1.82) is 0 Å². The lowest BCUT2D eigenvalue weighted by Crippen LogP contribution is -2.18. The summed E-state index contributed by atoms with van der Waals surface area (Å²) in [5.74, 6) is 1.47. The molecular formula is C26H24Cl2N2O2. The van der Waals surface area contributed by atoms with Gasteiger partial charge in [0.15, 0.2) is 0 Å². The number of aromatic nitrogens is 1. The van der Waals surface area contributed by atoms with Crippen LogP contribution in [0.3, 0.4) is 0 Å². The normalized spacial score (nSPS) is 10.9. The van der Waals surface area contributed by atoms with Crippen molar-refractivity contribution in [3.8, 4) is 11.6 Å². The van der Waals surface area contributed by atoms with Crippen LogP contribution in [-0.2, 0) is 13.2 Å². The summed E-state index contributed by atoms with van der Waals surface area (Å²) >= 11 is 12.6. The molecule has 0 aliphatic carbocycles. The van der Waals surface area contributed by atoms with Crippen molar-refractivity contribution in [2.24, 2.45) is 0 Å². The van der Waals surface area contributed by atoms with Crippen LogP contribution in [0.4, 0.5) is 0 Å². The second kappa shape index (κ2) is 11.2. The van der Waals surface area contributed by atoms with Gasteiger partial charge in [-0.05, 0) is 48.0 Å². The summed E-state index contributed by atoms with van der Waals surface area (Å²) in [6.07, 6.45) is 2.60. The highest BCUT2D eigenvalue weighted by Crippen LogP contribution is 2.31. The van der Waals surface area contributed by atoms with Crippen LogP contribution in [0.1, 0.15) is 17.5 Å². The Labute approximate surface area is 198 Å². The van der Waals surface area contributed by atoms with Crippen LogP contribution in [0.5, 0.6) is 11.6 Å². The summed E-state index contributed by atoms with van der Waals surface area (Å²) < 4.78 is 11.8. The molecule has 164 valence electrons. The van der Waals surface area contributed by atoms with E-state index in [0.29, 0.717) is 35.7 Å². The Morgan fingerprint density at radius 2 is 1.59 bits per heavy atom. The highest BCUT2D eigenvalue weighted by molar-refractivity contribution is 6.35. The molecule has 0 bridgehead atoms. The van der Waals surface area contributed by atoms with Crippen LogP contribution < -0.4 is 14.8 Å². The minimum Gasteiger partial charge on any atom is -0.488 e. The van der Waals surface area contributed by atoms with Crippen LogP contribution in [-0.4, -0.2) is 18.1 Å². The van der Waals surface area contributed by atoms with Gasteiger partial charge in [-0.3, -0.25) is 0 Å². The number of hydrogen-bond acceptors (Lipinski definition) is 4. The maximum absolute atomic E-state index is 6.31. The Morgan fingerprint density at radius 1 is 0.781 bits per heavy atom. The SMILES string of the molecule is Clc1cccc(Cl)c1COc1ccc2ccccc2c1CNCCCOc1ccccn1. The first kappa shape index (κ1) is 22.4. The van der Waals surface area contributed by atoms with Crippen LogP contribution in [0.25, 0.3) is 10.8 Å². The molecule has 0 atom stereocenters. The van der Waals surface area contributed by atoms with Gasteiger partial charge >= 0.3 is 0 Å². The van der Waals surface area contributed by atoms with E-state index >= 15 is 0 Å². The number of ether oxygens (including phenoxy) is 2. The van der Waals surface area contributed by atoms with Gasteiger partial charge < -0.3 is 14.8 Å². The Balaban J connectivity index is 1.41. The van der Waals surface area contributed by atoms with Gasteiger partial charge in [0.1, 0.15) is 12.4 Å². The van der Waals surface area contributed by atoms with Gasteiger partial charge in [-0.25, -0.2) is 4.98 Å². The van der Waals surface area contributed by atoms with E-state index in [2.05, 4.69) is 28.5 Å². The Bertz CT molecular complexity index is 1150. The Morgan fingerprint density at radius 3 is 2.41 bits per heavy atom. The predicted molar refractivity (Wildman–Crippen MR) is 131 cm³/mol. The first-order chi connectivity index (χ1) is 15.7. The molecule has 3 aromatic carbocycles. The molecule has 1 heterocycles. The van der Waals surface area contributed by atoms with Gasteiger partial charge in [0.25, 0.3) is 0 Å². The summed E-state index contributed by atoms with van der Waals surface area (Å²) in [6, 6.07) is 23.5. The standard InChI is InChI=1S/C26H24Cl2N2O2/c27-23-9-5-10-24(28)22(23)18-32-25-13-12-19-7-1-2-8-20(19)21(25)17-29-14-6-16-31-26-11-3-4-15-30-26/h1-5,7-13,15,29H,6,14,16-18H2. The van der Waals surface area contributed by atoms with Gasteiger partial charge in [-0.15, -0.1) is 0 Å². The molecule has 0 radical (unpaired) electrons. The van der Waals surface area contributed by atoms with E-state index in [9.17, 15) is 0 Å². The molecule has 0 aliphatic heterocycles. The molecule has 0 saturated heterocycles. The molecule has 0 unspecified atom stereocenters. The van der Waals surface area contributed by atoms with Crippen molar-refractivity contribution in [2.45, 2.75) is 19.6 Å². The summed E-state index contributed by atoms with van der Waals surface area (Å²) in [6.45, 7) is 2.40. The van der Waals surface area contributed by atoms with Crippen molar-refractivity contribution < 1.29 is 9.47 Å². The fraction of sp³-hybridized carbons (Fsp3) is 0.192. The van der Waals surface area contributed by atoms with E-state index in [4.69, 9.17) is 32.7 Å². The third-order valence-corrected chi connectivity index (χ3v) is 5.83. The molecule has 32 heavy (non-hydrogen) atoms. The molecule has 0 fully saturated rings.